The van der Waals surface area contributed by atoms with E-state index in [9.17, 15) is 9.18 Å². The molecule has 162 valence electrons. The van der Waals surface area contributed by atoms with Crippen LogP contribution in [-0.4, -0.2) is 60.3 Å². The summed E-state index contributed by atoms with van der Waals surface area (Å²) in [7, 11) is 1.64. The van der Waals surface area contributed by atoms with Crippen LogP contribution in [0, 0.1) is 5.82 Å². The Labute approximate surface area is 180 Å². The number of imidazole rings is 1. The minimum atomic E-state index is -0.331. The van der Waals surface area contributed by atoms with Crippen LogP contribution >= 0.6 is 0 Å². The summed E-state index contributed by atoms with van der Waals surface area (Å²) in [4.78, 5) is 19.4. The molecular formula is C23H25FN4O3. The van der Waals surface area contributed by atoms with Gasteiger partial charge in [0.15, 0.2) is 0 Å². The van der Waals surface area contributed by atoms with Gasteiger partial charge in [0.2, 0.25) is 0 Å². The second kappa shape index (κ2) is 9.72. The first kappa shape index (κ1) is 21.0. The molecular weight excluding hydrogens is 399 g/mol. The molecule has 1 saturated heterocycles. The van der Waals surface area contributed by atoms with Gasteiger partial charge >= 0.3 is 0 Å². The van der Waals surface area contributed by atoms with Crippen LogP contribution in [0.3, 0.4) is 0 Å². The zero-order chi connectivity index (χ0) is 21.6. The number of ether oxygens (including phenoxy) is 2. The fourth-order valence-electron chi connectivity index (χ4n) is 3.72. The lowest BCUT2D eigenvalue weighted by Gasteiger charge is -2.35. The maximum atomic E-state index is 13.3. The Morgan fingerprint density at radius 1 is 1.16 bits per heavy atom. The maximum absolute atomic E-state index is 13.3. The molecule has 1 aromatic heterocycles. The van der Waals surface area contributed by atoms with Gasteiger partial charge in [0, 0.05) is 25.3 Å². The van der Waals surface area contributed by atoms with E-state index in [-0.39, 0.29) is 17.8 Å². The second-order valence-corrected chi connectivity index (χ2v) is 7.27. The molecule has 1 atom stereocenters. The van der Waals surface area contributed by atoms with Crippen molar-refractivity contribution in [3.63, 3.8) is 0 Å². The summed E-state index contributed by atoms with van der Waals surface area (Å²) < 4.78 is 25.7. The van der Waals surface area contributed by atoms with Crippen molar-refractivity contribution >= 4 is 5.91 Å². The van der Waals surface area contributed by atoms with Crippen molar-refractivity contribution in [2.45, 2.75) is 6.04 Å². The third kappa shape index (κ3) is 4.92. The van der Waals surface area contributed by atoms with E-state index in [1.165, 1.54) is 18.3 Å². The molecule has 7 nitrogen and oxygen atoms in total. The molecule has 1 aliphatic heterocycles. The molecule has 31 heavy (non-hydrogen) atoms. The highest BCUT2D eigenvalue weighted by molar-refractivity contribution is 5.93. The first-order valence-corrected chi connectivity index (χ1v) is 10.2. The third-order valence-electron chi connectivity index (χ3n) is 5.42. The number of carbonyl (C=O) groups excluding carboxylic acids is 1. The van der Waals surface area contributed by atoms with E-state index in [0.717, 1.165) is 24.4 Å². The zero-order valence-electron chi connectivity index (χ0n) is 17.3. The van der Waals surface area contributed by atoms with Crippen molar-refractivity contribution in [2.24, 2.45) is 0 Å². The number of hydrogen-bond donors (Lipinski definition) is 1. The van der Waals surface area contributed by atoms with Gasteiger partial charge < -0.3 is 14.8 Å². The number of nitrogens with zero attached hydrogens (tertiary/aromatic N) is 3. The van der Waals surface area contributed by atoms with Crippen LogP contribution in [0.2, 0.25) is 0 Å². The number of morpholine rings is 1. The Morgan fingerprint density at radius 2 is 1.87 bits per heavy atom. The first-order valence-electron chi connectivity index (χ1n) is 10.2. The summed E-state index contributed by atoms with van der Waals surface area (Å²) in [5.74, 6) is 0.216. The van der Waals surface area contributed by atoms with E-state index < -0.39 is 0 Å². The number of benzene rings is 2. The smallest absolute Gasteiger partial charge is 0.269 e. The standard InChI is InChI=1S/C23H25FN4O3/c1-30-20-8-2-17(3-9-20)21(27-10-12-31-13-11-27)15-26-23(29)22-14-25-16-28(22)19-6-4-18(24)5-7-19/h2-9,14,16,21H,10-13,15H2,1H3,(H,26,29)/t21-/m0/s1. The van der Waals surface area contributed by atoms with Gasteiger partial charge in [0.1, 0.15) is 17.3 Å². The molecule has 1 fully saturated rings. The molecule has 0 spiro atoms. The zero-order valence-corrected chi connectivity index (χ0v) is 17.3. The summed E-state index contributed by atoms with van der Waals surface area (Å²) in [6, 6.07) is 13.8. The summed E-state index contributed by atoms with van der Waals surface area (Å²) in [6.07, 6.45) is 3.06. The van der Waals surface area contributed by atoms with E-state index in [1.54, 1.807) is 30.1 Å². The van der Waals surface area contributed by atoms with Crippen molar-refractivity contribution in [3.8, 4) is 11.4 Å². The average molecular weight is 424 g/mol. The maximum Gasteiger partial charge on any atom is 0.269 e. The second-order valence-electron chi connectivity index (χ2n) is 7.27. The Hall–Kier alpha value is -3.23. The largest absolute Gasteiger partial charge is 0.497 e. The van der Waals surface area contributed by atoms with Gasteiger partial charge in [-0.1, -0.05) is 12.1 Å². The van der Waals surface area contributed by atoms with Gasteiger partial charge in [-0.3, -0.25) is 14.3 Å². The predicted molar refractivity (Wildman–Crippen MR) is 114 cm³/mol. The molecule has 4 rings (SSSR count). The van der Waals surface area contributed by atoms with Gasteiger partial charge in [-0.05, 0) is 42.0 Å². The summed E-state index contributed by atoms with van der Waals surface area (Å²) in [5.41, 5.74) is 2.15. The molecule has 0 radical (unpaired) electrons. The third-order valence-corrected chi connectivity index (χ3v) is 5.42. The highest BCUT2D eigenvalue weighted by Gasteiger charge is 2.24. The SMILES string of the molecule is COc1ccc([C@H](CNC(=O)c2cncn2-c2ccc(F)cc2)N2CCOCC2)cc1. The molecule has 1 amide bonds. The minimum absolute atomic E-state index is 0.000878. The number of methoxy groups -OCH3 is 1. The van der Waals surface area contributed by atoms with Crippen LogP contribution in [-0.2, 0) is 4.74 Å². The lowest BCUT2D eigenvalue weighted by atomic mass is 10.0. The molecule has 0 unspecified atom stereocenters. The first-order chi connectivity index (χ1) is 15.2. The monoisotopic (exact) mass is 424 g/mol. The fourth-order valence-corrected chi connectivity index (χ4v) is 3.72. The van der Waals surface area contributed by atoms with Crippen LogP contribution < -0.4 is 10.1 Å². The molecule has 1 N–H and O–H groups in total. The summed E-state index contributed by atoms with van der Waals surface area (Å²) >= 11 is 0. The molecule has 0 bridgehead atoms. The number of nitrogens with one attached hydrogen (secondary N) is 1. The van der Waals surface area contributed by atoms with Gasteiger partial charge in [-0.15, -0.1) is 0 Å². The number of carbonyl (C=O) groups is 1. The van der Waals surface area contributed by atoms with Crippen LogP contribution in [0.5, 0.6) is 5.75 Å². The number of amides is 1. The van der Waals surface area contributed by atoms with E-state index in [4.69, 9.17) is 9.47 Å². The molecule has 0 saturated carbocycles. The van der Waals surface area contributed by atoms with E-state index in [1.807, 2.05) is 24.3 Å². The molecule has 1 aliphatic rings. The van der Waals surface area contributed by atoms with Crippen LogP contribution in [0.15, 0.2) is 61.1 Å². The average Bonchev–Trinajstić information content (AvgIpc) is 3.31. The van der Waals surface area contributed by atoms with Crippen molar-refractivity contribution in [2.75, 3.05) is 40.0 Å². The quantitative estimate of drug-likeness (QED) is 0.632. The van der Waals surface area contributed by atoms with E-state index in [0.29, 0.717) is 31.1 Å². The molecule has 3 aromatic rings. The summed E-state index contributed by atoms with van der Waals surface area (Å²) in [6.45, 7) is 3.34. The van der Waals surface area contributed by atoms with Gasteiger partial charge in [-0.2, -0.15) is 0 Å². The Kier molecular flexibility index (Phi) is 6.59. The highest BCUT2D eigenvalue weighted by Crippen LogP contribution is 2.24. The van der Waals surface area contributed by atoms with Gasteiger partial charge in [-0.25, -0.2) is 9.37 Å². The predicted octanol–water partition coefficient (Wildman–Crippen LogP) is 2.82. The Morgan fingerprint density at radius 3 is 2.55 bits per heavy atom. The number of hydrogen-bond acceptors (Lipinski definition) is 5. The van der Waals surface area contributed by atoms with Crippen molar-refractivity contribution in [1.29, 1.82) is 0 Å². The van der Waals surface area contributed by atoms with Crippen molar-refractivity contribution in [3.05, 3.63) is 78.1 Å². The topological polar surface area (TPSA) is 68.6 Å². The lowest BCUT2D eigenvalue weighted by molar-refractivity contribution is 0.0162. The van der Waals surface area contributed by atoms with Gasteiger partial charge in [0.05, 0.1) is 38.9 Å². The Bertz CT molecular complexity index is 998. The van der Waals surface area contributed by atoms with Crippen LogP contribution in [0.25, 0.3) is 5.69 Å². The number of halogens is 1. The molecule has 0 aliphatic carbocycles. The van der Waals surface area contributed by atoms with Gasteiger partial charge in [0.25, 0.3) is 5.91 Å². The normalized spacial score (nSPS) is 15.4. The Balaban J connectivity index is 1.51. The molecule has 2 heterocycles. The number of rotatable bonds is 7. The van der Waals surface area contributed by atoms with Crippen molar-refractivity contribution in [1.82, 2.24) is 19.8 Å². The lowest BCUT2D eigenvalue weighted by Crippen LogP contribution is -2.44. The number of aromatic nitrogens is 2. The summed E-state index contributed by atoms with van der Waals surface area (Å²) in [5, 5.41) is 3.04. The van der Waals surface area contributed by atoms with Crippen molar-refractivity contribution < 1.29 is 18.7 Å². The highest BCUT2D eigenvalue weighted by atomic mass is 19.1. The van der Waals surface area contributed by atoms with Crippen LogP contribution in [0.4, 0.5) is 4.39 Å². The fraction of sp³-hybridized carbons (Fsp3) is 0.304. The van der Waals surface area contributed by atoms with E-state index >= 15 is 0 Å². The van der Waals surface area contributed by atoms with E-state index in [2.05, 4.69) is 15.2 Å². The molecule has 2 aromatic carbocycles. The minimum Gasteiger partial charge on any atom is -0.497 e. The molecule has 8 heteroatoms. The van der Waals surface area contributed by atoms with Crippen LogP contribution in [0.1, 0.15) is 22.1 Å².